The van der Waals surface area contributed by atoms with Crippen LogP contribution in [0.5, 0.6) is 0 Å². The molecule has 0 fully saturated rings. The number of aliphatic hydroxyl groups is 2. The van der Waals surface area contributed by atoms with E-state index in [1.165, 1.54) is 96.3 Å². The van der Waals surface area contributed by atoms with Crippen LogP contribution in [0.1, 0.15) is 194 Å². The molecule has 1 unspecified atom stereocenters. The number of aliphatic hydroxyl groups excluding tert-OH is 2. The van der Waals surface area contributed by atoms with Crippen molar-refractivity contribution in [2.24, 2.45) is 5.92 Å². The van der Waals surface area contributed by atoms with Crippen molar-refractivity contribution in [3.05, 3.63) is 60.8 Å². The number of carbonyl (C=O) groups excluding carboxylic acids is 2. The second-order valence-corrected chi connectivity index (χ2v) is 20.1. The second kappa shape index (κ2) is 44.0. The van der Waals surface area contributed by atoms with E-state index in [-0.39, 0.29) is 12.8 Å². The summed E-state index contributed by atoms with van der Waals surface area (Å²) in [7, 11) is -9.71. The molecule has 16 heteroatoms. The van der Waals surface area contributed by atoms with Crippen molar-refractivity contribution in [3.63, 3.8) is 0 Å². The molecule has 5 N–H and O–H groups in total. The first-order valence-electron chi connectivity index (χ1n) is 24.9. The lowest BCUT2D eigenvalue weighted by Gasteiger charge is -2.20. The Kier molecular flexibility index (Phi) is 42.5. The molecule has 384 valence electrons. The van der Waals surface area contributed by atoms with Gasteiger partial charge in [0, 0.05) is 12.8 Å². The molecule has 0 saturated carbocycles. The minimum atomic E-state index is -4.88. The fourth-order valence-corrected chi connectivity index (χ4v) is 7.74. The molecule has 0 heterocycles. The average Bonchev–Trinajstić information content (AvgIpc) is 3.27. The van der Waals surface area contributed by atoms with E-state index in [0.717, 1.165) is 44.4 Å². The Bertz CT molecular complexity index is 1420. The fourth-order valence-electron chi connectivity index (χ4n) is 6.58. The Hall–Kier alpha value is -2.22. The van der Waals surface area contributed by atoms with Gasteiger partial charge in [-0.3, -0.25) is 23.2 Å². The molecule has 0 bridgehead atoms. The van der Waals surface area contributed by atoms with Crippen LogP contribution in [0.3, 0.4) is 0 Å². The Morgan fingerprint density at radius 3 is 1.50 bits per heavy atom. The molecule has 66 heavy (non-hydrogen) atoms. The first-order chi connectivity index (χ1) is 31.6. The number of allylic oxidation sites excluding steroid dienone is 9. The highest BCUT2D eigenvalue weighted by Crippen LogP contribution is 2.44. The van der Waals surface area contributed by atoms with Crippen molar-refractivity contribution < 1.29 is 66.7 Å². The summed E-state index contributed by atoms with van der Waals surface area (Å²) in [6.45, 7) is 3.73. The number of hydrogen-bond donors (Lipinski definition) is 5. The van der Waals surface area contributed by atoms with E-state index in [9.17, 15) is 33.8 Å². The highest BCUT2D eigenvalue weighted by Gasteiger charge is 2.28. The average molecular weight is 977 g/mol. The van der Waals surface area contributed by atoms with E-state index in [0.29, 0.717) is 25.7 Å². The second-order valence-electron chi connectivity index (χ2n) is 17.4. The van der Waals surface area contributed by atoms with E-state index >= 15 is 0 Å². The van der Waals surface area contributed by atoms with Crippen molar-refractivity contribution in [1.82, 2.24) is 0 Å². The summed E-state index contributed by atoms with van der Waals surface area (Å²) in [4.78, 5) is 52.9. The van der Waals surface area contributed by atoms with E-state index in [1.54, 1.807) is 6.08 Å². The van der Waals surface area contributed by atoms with Crippen molar-refractivity contribution in [2.75, 3.05) is 26.4 Å². The maximum atomic E-state index is 12.7. The summed E-state index contributed by atoms with van der Waals surface area (Å²) in [5.74, 6) is -0.285. The molecule has 0 saturated heterocycles. The molecule has 0 rings (SSSR count). The number of phosphoric acid groups is 2. The Balaban J connectivity index is 4.49. The van der Waals surface area contributed by atoms with Crippen molar-refractivity contribution in [3.8, 4) is 0 Å². The van der Waals surface area contributed by atoms with Gasteiger partial charge in [-0.25, -0.2) is 9.13 Å². The first kappa shape index (κ1) is 63.8. The summed E-state index contributed by atoms with van der Waals surface area (Å²) < 4.78 is 47.9. The van der Waals surface area contributed by atoms with Crippen molar-refractivity contribution >= 4 is 27.6 Å². The third-order valence-corrected chi connectivity index (χ3v) is 11.9. The van der Waals surface area contributed by atoms with Gasteiger partial charge < -0.3 is 34.4 Å². The highest BCUT2D eigenvalue weighted by molar-refractivity contribution is 7.47. The molecule has 0 radical (unpaired) electrons. The lowest BCUT2D eigenvalue weighted by atomic mass is 10.0. The number of carbonyl (C=O) groups is 2. The molecular weight excluding hydrogens is 886 g/mol. The number of esters is 2. The van der Waals surface area contributed by atoms with Crippen LogP contribution < -0.4 is 0 Å². The standard InChI is InChI=1S/C50H90O14P2/c1-4-46(51)38-34-30-26-22-18-14-11-12-16-20-24-28-32-36-40-50(54)64-48(44-63-66(58,59)62-42-47(52)41-61-65(55,56)57)43-60-49(53)39-35-31-27-23-19-15-10-8-6-5-7-9-13-17-21-25-29-33-37-45(2)3/h12,14,16,18,24,26,28,30,34,38,45-48,51-52H,4-11,13,15,17,19-23,25,27,29,31-33,35-37,39-44H2,1-3H3,(H,58,59)(H2,55,56,57)/b16-12-,18-14-,28-24-,30-26-,38-34+/t46-,47+,48-/m1/s1. The molecule has 0 aromatic heterocycles. The van der Waals surface area contributed by atoms with Crippen LogP contribution in [0.4, 0.5) is 0 Å². The third-order valence-electron chi connectivity index (χ3n) is 10.5. The topological polar surface area (TPSA) is 216 Å². The van der Waals surface area contributed by atoms with Crippen LogP contribution in [0.15, 0.2) is 60.8 Å². The lowest BCUT2D eigenvalue weighted by molar-refractivity contribution is -0.161. The zero-order valence-corrected chi connectivity index (χ0v) is 42.6. The molecule has 0 spiro atoms. The Labute approximate surface area is 398 Å². The molecule has 0 amide bonds. The van der Waals surface area contributed by atoms with Gasteiger partial charge >= 0.3 is 27.6 Å². The number of phosphoric ester groups is 2. The van der Waals surface area contributed by atoms with Crippen LogP contribution in [0.25, 0.3) is 0 Å². The van der Waals surface area contributed by atoms with Gasteiger partial charge in [0.25, 0.3) is 0 Å². The van der Waals surface area contributed by atoms with Gasteiger partial charge in [0.2, 0.25) is 0 Å². The van der Waals surface area contributed by atoms with Crippen LogP contribution in [-0.2, 0) is 41.8 Å². The third kappa shape index (κ3) is 48.2. The molecule has 0 aliphatic carbocycles. The van der Waals surface area contributed by atoms with E-state index in [1.807, 2.05) is 37.3 Å². The van der Waals surface area contributed by atoms with E-state index in [2.05, 4.69) is 42.7 Å². The summed E-state index contributed by atoms with van der Waals surface area (Å²) >= 11 is 0. The van der Waals surface area contributed by atoms with Gasteiger partial charge in [-0.15, -0.1) is 0 Å². The minimum Gasteiger partial charge on any atom is -0.462 e. The monoisotopic (exact) mass is 977 g/mol. The molecule has 0 aliphatic rings. The number of ether oxygens (including phenoxy) is 2. The van der Waals surface area contributed by atoms with Gasteiger partial charge in [-0.05, 0) is 50.9 Å². The highest BCUT2D eigenvalue weighted by atomic mass is 31.2. The van der Waals surface area contributed by atoms with Gasteiger partial charge in [0.15, 0.2) is 6.10 Å². The van der Waals surface area contributed by atoms with Crippen LogP contribution >= 0.6 is 15.6 Å². The van der Waals surface area contributed by atoms with Gasteiger partial charge in [-0.2, -0.15) is 0 Å². The predicted octanol–water partition coefficient (Wildman–Crippen LogP) is 12.4. The predicted molar refractivity (Wildman–Crippen MR) is 263 cm³/mol. The maximum Gasteiger partial charge on any atom is 0.472 e. The SMILES string of the molecule is CC[C@@H](O)/C=C/C=C\C/C=C\C/C=C\C/C=C\CCCC(=O)O[C@H](COC(=O)CCCCCCCCCCCCCCCCCCCCC(C)C)COP(=O)(O)OC[C@@H](O)COP(=O)(O)O. The van der Waals surface area contributed by atoms with Crippen molar-refractivity contribution in [2.45, 2.75) is 212 Å². The molecule has 0 aromatic rings. The number of rotatable bonds is 46. The van der Waals surface area contributed by atoms with Gasteiger partial charge in [0.1, 0.15) is 12.7 Å². The zero-order valence-electron chi connectivity index (χ0n) is 40.8. The Morgan fingerprint density at radius 1 is 0.530 bits per heavy atom. The smallest absolute Gasteiger partial charge is 0.462 e. The minimum absolute atomic E-state index is 0.0386. The zero-order chi connectivity index (χ0) is 49.0. The summed E-state index contributed by atoms with van der Waals surface area (Å²) in [5.41, 5.74) is 0. The molecular formula is C50H90O14P2. The molecule has 14 nitrogen and oxygen atoms in total. The quantitative estimate of drug-likeness (QED) is 0.0126. The normalized spacial score (nSPS) is 14.9. The van der Waals surface area contributed by atoms with E-state index in [4.69, 9.17) is 28.3 Å². The van der Waals surface area contributed by atoms with Crippen molar-refractivity contribution in [1.29, 1.82) is 0 Å². The van der Waals surface area contributed by atoms with Gasteiger partial charge in [-0.1, -0.05) is 197 Å². The first-order valence-corrected chi connectivity index (χ1v) is 28.0. The van der Waals surface area contributed by atoms with Crippen LogP contribution in [-0.4, -0.2) is 81.6 Å². The van der Waals surface area contributed by atoms with E-state index < -0.39 is 72.3 Å². The summed E-state index contributed by atoms with van der Waals surface area (Å²) in [6.07, 6.45) is 44.6. The number of unbranched alkanes of at least 4 members (excludes halogenated alkanes) is 18. The van der Waals surface area contributed by atoms with Crippen LogP contribution in [0, 0.1) is 5.92 Å². The van der Waals surface area contributed by atoms with Gasteiger partial charge in [0.05, 0.1) is 25.9 Å². The summed E-state index contributed by atoms with van der Waals surface area (Å²) in [5, 5.41) is 19.3. The molecule has 0 aliphatic heterocycles. The summed E-state index contributed by atoms with van der Waals surface area (Å²) in [6, 6.07) is 0. The molecule has 0 aromatic carbocycles. The lowest BCUT2D eigenvalue weighted by Crippen LogP contribution is -2.29. The Morgan fingerprint density at radius 2 is 0.985 bits per heavy atom. The van der Waals surface area contributed by atoms with Crippen LogP contribution in [0.2, 0.25) is 0 Å². The number of hydrogen-bond acceptors (Lipinski definition) is 11. The largest absolute Gasteiger partial charge is 0.472 e. The fraction of sp³-hybridized carbons (Fsp3) is 0.760. The molecule has 4 atom stereocenters. The maximum absolute atomic E-state index is 12.7.